The van der Waals surface area contributed by atoms with Gasteiger partial charge < -0.3 is 10.5 Å². The lowest BCUT2D eigenvalue weighted by Gasteiger charge is -2.26. The lowest BCUT2D eigenvalue weighted by molar-refractivity contribution is 0.317. The van der Waals surface area contributed by atoms with Crippen LogP contribution in [0.1, 0.15) is 31.4 Å². The van der Waals surface area contributed by atoms with E-state index in [1.54, 1.807) is 6.07 Å². The highest BCUT2D eigenvalue weighted by atomic mass is 19.1. The van der Waals surface area contributed by atoms with Crippen LogP contribution in [-0.4, -0.2) is 6.61 Å². The zero-order chi connectivity index (χ0) is 14.6. The number of ether oxygens (including phenoxy) is 1. The van der Waals surface area contributed by atoms with Crippen LogP contribution in [0.5, 0.6) is 5.75 Å². The summed E-state index contributed by atoms with van der Waals surface area (Å²) in [5.41, 5.74) is 7.31. The lowest BCUT2D eigenvalue weighted by Crippen LogP contribution is -2.34. The van der Waals surface area contributed by atoms with E-state index in [9.17, 15) is 4.39 Å². The molecule has 1 atom stereocenters. The van der Waals surface area contributed by atoms with Crippen molar-refractivity contribution >= 4 is 0 Å². The van der Waals surface area contributed by atoms with Crippen molar-refractivity contribution < 1.29 is 9.13 Å². The predicted molar refractivity (Wildman–Crippen MR) is 79.3 cm³/mol. The summed E-state index contributed by atoms with van der Waals surface area (Å²) >= 11 is 0. The quantitative estimate of drug-likeness (QED) is 0.898. The molecule has 2 aromatic carbocycles. The molecule has 0 aliphatic rings. The summed E-state index contributed by atoms with van der Waals surface area (Å²) < 4.78 is 18.9. The summed E-state index contributed by atoms with van der Waals surface area (Å²) in [6.45, 7) is 4.64. The second-order valence-corrected chi connectivity index (χ2v) is 5.09. The van der Waals surface area contributed by atoms with Crippen LogP contribution in [0.4, 0.5) is 4.39 Å². The van der Waals surface area contributed by atoms with Gasteiger partial charge in [-0.25, -0.2) is 4.39 Å². The Labute approximate surface area is 119 Å². The van der Waals surface area contributed by atoms with Gasteiger partial charge in [-0.1, -0.05) is 31.2 Å². The first-order valence-corrected chi connectivity index (χ1v) is 6.82. The minimum atomic E-state index is -0.731. The number of halogens is 1. The third kappa shape index (κ3) is 3.17. The van der Waals surface area contributed by atoms with Gasteiger partial charge in [0, 0.05) is 0 Å². The normalized spacial score (nSPS) is 13.8. The van der Waals surface area contributed by atoms with Gasteiger partial charge in [0.15, 0.2) is 0 Å². The van der Waals surface area contributed by atoms with Crippen LogP contribution in [0.2, 0.25) is 0 Å². The highest BCUT2D eigenvalue weighted by Crippen LogP contribution is 2.28. The molecule has 1 unspecified atom stereocenters. The molecule has 0 saturated heterocycles. The van der Waals surface area contributed by atoms with Crippen molar-refractivity contribution in [3.05, 3.63) is 65.5 Å². The van der Waals surface area contributed by atoms with Gasteiger partial charge in [-0.05, 0) is 48.7 Å². The molecule has 3 heteroatoms. The molecule has 2 rings (SSSR count). The summed E-state index contributed by atoms with van der Waals surface area (Å²) in [6.07, 6.45) is 0.972. The van der Waals surface area contributed by atoms with Gasteiger partial charge in [0.1, 0.15) is 11.6 Å². The molecule has 0 aliphatic carbocycles. The monoisotopic (exact) mass is 273 g/mol. The molecule has 2 aromatic rings. The topological polar surface area (TPSA) is 35.2 Å². The van der Waals surface area contributed by atoms with Gasteiger partial charge in [-0.15, -0.1) is 0 Å². The maximum absolute atomic E-state index is 13.3. The van der Waals surface area contributed by atoms with Crippen molar-refractivity contribution in [1.82, 2.24) is 0 Å². The van der Waals surface area contributed by atoms with E-state index in [1.165, 1.54) is 12.1 Å². The van der Waals surface area contributed by atoms with E-state index in [4.69, 9.17) is 10.5 Å². The molecule has 2 N–H and O–H groups in total. The highest BCUT2D eigenvalue weighted by Gasteiger charge is 2.24. The summed E-state index contributed by atoms with van der Waals surface area (Å²) in [5, 5.41) is 0. The fourth-order valence-electron chi connectivity index (χ4n) is 2.10. The fraction of sp³-hybridized carbons (Fsp3) is 0.294. The standard InChI is InChI=1S/C17H20FNO/c1-3-11-20-16-9-7-13(8-10-16)17(2,19)14-5-4-6-15(18)12-14/h4-10,12H,3,11,19H2,1-2H3. The highest BCUT2D eigenvalue weighted by molar-refractivity contribution is 5.39. The Morgan fingerprint density at radius 3 is 2.40 bits per heavy atom. The molecule has 0 aliphatic heterocycles. The number of hydrogen-bond acceptors (Lipinski definition) is 2. The van der Waals surface area contributed by atoms with Crippen molar-refractivity contribution in [3.8, 4) is 5.75 Å². The fourth-order valence-corrected chi connectivity index (χ4v) is 2.10. The molecule has 0 saturated carbocycles. The van der Waals surface area contributed by atoms with E-state index < -0.39 is 5.54 Å². The Kier molecular flexibility index (Phi) is 4.40. The summed E-state index contributed by atoms with van der Waals surface area (Å²) in [5.74, 6) is 0.549. The van der Waals surface area contributed by atoms with Gasteiger partial charge in [0.05, 0.1) is 12.1 Å². The Morgan fingerprint density at radius 2 is 1.80 bits per heavy atom. The first-order valence-electron chi connectivity index (χ1n) is 6.82. The Balaban J connectivity index is 2.25. The van der Waals surface area contributed by atoms with Crippen molar-refractivity contribution in [2.24, 2.45) is 5.73 Å². The Bertz CT molecular complexity index is 563. The molecule has 2 nitrogen and oxygen atoms in total. The number of nitrogens with two attached hydrogens (primary N) is 1. The molecule has 106 valence electrons. The van der Waals surface area contributed by atoms with Crippen molar-refractivity contribution in [2.75, 3.05) is 6.61 Å². The molecule has 0 amide bonds. The van der Waals surface area contributed by atoms with E-state index in [2.05, 4.69) is 6.92 Å². The molecule has 20 heavy (non-hydrogen) atoms. The lowest BCUT2D eigenvalue weighted by atomic mass is 9.86. The smallest absolute Gasteiger partial charge is 0.123 e. The third-order valence-electron chi connectivity index (χ3n) is 3.35. The van der Waals surface area contributed by atoms with Gasteiger partial charge in [0.25, 0.3) is 0 Å². The first kappa shape index (κ1) is 14.5. The van der Waals surface area contributed by atoms with Crippen molar-refractivity contribution in [3.63, 3.8) is 0 Å². The number of benzene rings is 2. The Morgan fingerprint density at radius 1 is 1.10 bits per heavy atom. The van der Waals surface area contributed by atoms with Crippen LogP contribution in [-0.2, 0) is 5.54 Å². The van der Waals surface area contributed by atoms with E-state index in [0.717, 1.165) is 23.3 Å². The number of hydrogen-bond donors (Lipinski definition) is 1. The maximum atomic E-state index is 13.3. The Hall–Kier alpha value is -1.87. The molecule has 0 bridgehead atoms. The molecule has 0 radical (unpaired) electrons. The molecule has 0 fully saturated rings. The average molecular weight is 273 g/mol. The van der Waals surface area contributed by atoms with Crippen LogP contribution >= 0.6 is 0 Å². The molecule has 0 spiro atoms. The summed E-state index contributed by atoms with van der Waals surface area (Å²) in [7, 11) is 0. The van der Waals surface area contributed by atoms with Crippen LogP contribution in [0, 0.1) is 5.82 Å². The van der Waals surface area contributed by atoms with Gasteiger partial charge >= 0.3 is 0 Å². The van der Waals surface area contributed by atoms with Gasteiger partial charge in [0.2, 0.25) is 0 Å². The van der Waals surface area contributed by atoms with Crippen molar-refractivity contribution in [2.45, 2.75) is 25.8 Å². The molecule has 0 aromatic heterocycles. The van der Waals surface area contributed by atoms with Crippen LogP contribution in [0.15, 0.2) is 48.5 Å². The number of rotatable bonds is 5. The second kappa shape index (κ2) is 6.06. The van der Waals surface area contributed by atoms with Gasteiger partial charge in [-0.2, -0.15) is 0 Å². The molecule has 0 heterocycles. The molecular formula is C17H20FNO. The SMILES string of the molecule is CCCOc1ccc(C(C)(N)c2cccc(F)c2)cc1. The van der Waals surface area contributed by atoms with E-state index in [1.807, 2.05) is 37.3 Å². The summed E-state index contributed by atoms with van der Waals surface area (Å²) in [6, 6.07) is 14.1. The molecular weight excluding hydrogens is 253 g/mol. The third-order valence-corrected chi connectivity index (χ3v) is 3.35. The van der Waals surface area contributed by atoms with E-state index in [-0.39, 0.29) is 5.82 Å². The zero-order valence-electron chi connectivity index (χ0n) is 11.9. The second-order valence-electron chi connectivity index (χ2n) is 5.09. The van der Waals surface area contributed by atoms with Crippen LogP contribution in [0.25, 0.3) is 0 Å². The predicted octanol–water partition coefficient (Wildman–Crippen LogP) is 3.84. The maximum Gasteiger partial charge on any atom is 0.123 e. The largest absolute Gasteiger partial charge is 0.494 e. The average Bonchev–Trinajstić information content (AvgIpc) is 2.45. The van der Waals surface area contributed by atoms with Crippen molar-refractivity contribution in [1.29, 1.82) is 0 Å². The van der Waals surface area contributed by atoms with Crippen LogP contribution < -0.4 is 10.5 Å². The first-order chi connectivity index (χ1) is 9.54. The van der Waals surface area contributed by atoms with E-state index in [0.29, 0.717) is 6.61 Å². The zero-order valence-corrected chi connectivity index (χ0v) is 11.9. The summed E-state index contributed by atoms with van der Waals surface area (Å²) in [4.78, 5) is 0. The van der Waals surface area contributed by atoms with Crippen LogP contribution in [0.3, 0.4) is 0 Å². The minimum absolute atomic E-state index is 0.276. The van der Waals surface area contributed by atoms with E-state index >= 15 is 0 Å². The minimum Gasteiger partial charge on any atom is -0.494 e. The van der Waals surface area contributed by atoms with Gasteiger partial charge in [-0.3, -0.25) is 0 Å².